The first-order valence-electron chi connectivity index (χ1n) is 4.19. The lowest BCUT2D eigenvalue weighted by Gasteiger charge is -2.18. The molecule has 0 amide bonds. The molecule has 0 saturated heterocycles. The first-order chi connectivity index (χ1) is 6.45. The fraction of sp³-hybridized carbons (Fsp3) is 0.100. The SMILES string of the molecule is c1cnc2c(c1)OCc1cccn1-2. The topological polar surface area (TPSA) is 27.1 Å². The summed E-state index contributed by atoms with van der Waals surface area (Å²) in [6.07, 6.45) is 3.78. The van der Waals surface area contributed by atoms with Crippen LogP contribution in [-0.2, 0) is 6.61 Å². The summed E-state index contributed by atoms with van der Waals surface area (Å²) in [6, 6.07) is 7.86. The van der Waals surface area contributed by atoms with E-state index in [9.17, 15) is 0 Å². The van der Waals surface area contributed by atoms with Crippen LogP contribution >= 0.6 is 0 Å². The molecule has 0 atom stereocenters. The first-order valence-corrected chi connectivity index (χ1v) is 4.19. The number of pyridine rings is 1. The summed E-state index contributed by atoms with van der Waals surface area (Å²) in [6.45, 7) is 0.631. The lowest BCUT2D eigenvalue weighted by atomic mass is 10.3. The Morgan fingerprint density at radius 3 is 3.31 bits per heavy atom. The van der Waals surface area contributed by atoms with Gasteiger partial charge in [-0.05, 0) is 24.3 Å². The molecule has 0 spiro atoms. The highest BCUT2D eigenvalue weighted by Gasteiger charge is 2.15. The van der Waals surface area contributed by atoms with Crippen LogP contribution in [0.25, 0.3) is 5.82 Å². The second-order valence-corrected chi connectivity index (χ2v) is 2.98. The third kappa shape index (κ3) is 0.869. The van der Waals surface area contributed by atoms with Gasteiger partial charge < -0.3 is 4.74 Å². The van der Waals surface area contributed by atoms with Gasteiger partial charge in [0.05, 0.1) is 5.69 Å². The van der Waals surface area contributed by atoms with Gasteiger partial charge in [-0.2, -0.15) is 0 Å². The number of aromatic nitrogens is 2. The third-order valence-electron chi connectivity index (χ3n) is 2.19. The molecular formula is C10H8N2O. The molecule has 0 saturated carbocycles. The Balaban J connectivity index is 2.30. The average Bonchev–Trinajstić information content (AvgIpc) is 2.65. The molecule has 3 heterocycles. The molecule has 13 heavy (non-hydrogen) atoms. The van der Waals surface area contributed by atoms with E-state index in [1.165, 1.54) is 0 Å². The van der Waals surface area contributed by atoms with E-state index in [4.69, 9.17) is 4.74 Å². The predicted octanol–water partition coefficient (Wildman–Crippen LogP) is 1.76. The number of rotatable bonds is 0. The second-order valence-electron chi connectivity index (χ2n) is 2.98. The van der Waals surface area contributed by atoms with Crippen molar-refractivity contribution in [3.8, 4) is 11.6 Å². The van der Waals surface area contributed by atoms with Gasteiger partial charge in [-0.3, -0.25) is 4.57 Å². The van der Waals surface area contributed by atoms with Crippen molar-refractivity contribution in [1.29, 1.82) is 0 Å². The van der Waals surface area contributed by atoms with Gasteiger partial charge >= 0.3 is 0 Å². The van der Waals surface area contributed by atoms with Crippen molar-refractivity contribution >= 4 is 0 Å². The summed E-state index contributed by atoms with van der Waals surface area (Å²) in [7, 11) is 0. The molecule has 3 rings (SSSR count). The fourth-order valence-electron chi connectivity index (χ4n) is 1.57. The third-order valence-corrected chi connectivity index (χ3v) is 2.19. The molecule has 0 fully saturated rings. The molecule has 3 heteroatoms. The lowest BCUT2D eigenvalue weighted by Crippen LogP contribution is -2.12. The summed E-state index contributed by atoms with van der Waals surface area (Å²) < 4.78 is 7.58. The summed E-state index contributed by atoms with van der Waals surface area (Å²) in [5.74, 6) is 1.74. The van der Waals surface area contributed by atoms with Gasteiger partial charge in [-0.15, -0.1) is 0 Å². The highest BCUT2D eigenvalue weighted by Crippen LogP contribution is 2.27. The molecule has 0 unspecified atom stereocenters. The Kier molecular flexibility index (Phi) is 1.22. The van der Waals surface area contributed by atoms with Crippen LogP contribution in [0.1, 0.15) is 5.69 Å². The second kappa shape index (κ2) is 2.36. The number of hydrogen-bond donors (Lipinski definition) is 0. The molecule has 0 N–H and O–H groups in total. The van der Waals surface area contributed by atoms with Crippen LogP contribution in [0.3, 0.4) is 0 Å². The molecule has 2 aromatic heterocycles. The maximum atomic E-state index is 5.52. The van der Waals surface area contributed by atoms with Crippen molar-refractivity contribution in [3.05, 3.63) is 42.4 Å². The van der Waals surface area contributed by atoms with E-state index in [2.05, 4.69) is 9.55 Å². The van der Waals surface area contributed by atoms with Gasteiger partial charge in [-0.1, -0.05) is 0 Å². The van der Waals surface area contributed by atoms with E-state index in [1.807, 2.05) is 30.5 Å². The summed E-state index contributed by atoms with van der Waals surface area (Å²) in [4.78, 5) is 4.27. The molecule has 64 valence electrons. The van der Waals surface area contributed by atoms with Crippen molar-refractivity contribution < 1.29 is 4.74 Å². The Hall–Kier alpha value is -1.77. The average molecular weight is 172 g/mol. The molecule has 0 radical (unpaired) electrons. The van der Waals surface area contributed by atoms with Gasteiger partial charge in [0.15, 0.2) is 11.6 Å². The highest BCUT2D eigenvalue weighted by molar-refractivity contribution is 5.43. The summed E-state index contributed by atoms with van der Waals surface area (Å²) >= 11 is 0. The van der Waals surface area contributed by atoms with Gasteiger partial charge in [0, 0.05) is 12.4 Å². The van der Waals surface area contributed by atoms with E-state index in [0.29, 0.717) is 6.61 Å². The summed E-state index contributed by atoms with van der Waals surface area (Å²) in [5.41, 5.74) is 1.14. The Morgan fingerprint density at radius 2 is 2.31 bits per heavy atom. The normalized spacial score (nSPS) is 12.9. The predicted molar refractivity (Wildman–Crippen MR) is 47.9 cm³/mol. The number of ether oxygens (including phenoxy) is 1. The standard InChI is InChI=1S/C10H8N2O/c1-4-9-10(11-5-1)12-6-2-3-8(12)7-13-9/h1-6H,7H2. The smallest absolute Gasteiger partial charge is 0.179 e. The van der Waals surface area contributed by atoms with Crippen molar-refractivity contribution in [3.63, 3.8) is 0 Å². The number of nitrogens with zero attached hydrogens (tertiary/aromatic N) is 2. The molecular weight excluding hydrogens is 164 g/mol. The van der Waals surface area contributed by atoms with E-state index >= 15 is 0 Å². The molecule has 2 aromatic rings. The molecule has 0 bridgehead atoms. The van der Waals surface area contributed by atoms with Crippen LogP contribution in [0.15, 0.2) is 36.7 Å². The molecule has 3 nitrogen and oxygen atoms in total. The quantitative estimate of drug-likeness (QED) is 0.605. The minimum absolute atomic E-state index is 0.631. The highest BCUT2D eigenvalue weighted by atomic mass is 16.5. The van der Waals surface area contributed by atoms with E-state index in [1.54, 1.807) is 6.20 Å². The van der Waals surface area contributed by atoms with Crippen molar-refractivity contribution in [2.75, 3.05) is 0 Å². The van der Waals surface area contributed by atoms with Crippen LogP contribution in [0.5, 0.6) is 5.75 Å². The van der Waals surface area contributed by atoms with Crippen molar-refractivity contribution in [1.82, 2.24) is 9.55 Å². The maximum absolute atomic E-state index is 5.52. The zero-order chi connectivity index (χ0) is 8.67. The zero-order valence-corrected chi connectivity index (χ0v) is 6.97. The number of hydrogen-bond acceptors (Lipinski definition) is 2. The molecule has 1 aliphatic rings. The van der Waals surface area contributed by atoms with E-state index in [-0.39, 0.29) is 0 Å². The number of fused-ring (bicyclic) bond motifs is 3. The molecule has 0 aliphatic carbocycles. The lowest BCUT2D eigenvalue weighted by molar-refractivity contribution is 0.283. The van der Waals surface area contributed by atoms with Crippen molar-refractivity contribution in [2.45, 2.75) is 6.61 Å². The molecule has 1 aliphatic heterocycles. The molecule has 0 aromatic carbocycles. The van der Waals surface area contributed by atoms with Gasteiger partial charge in [-0.25, -0.2) is 4.98 Å². The van der Waals surface area contributed by atoms with Crippen LogP contribution < -0.4 is 4.74 Å². The Morgan fingerprint density at radius 1 is 1.31 bits per heavy atom. The Labute approximate surface area is 75.6 Å². The van der Waals surface area contributed by atoms with Crippen LogP contribution in [0, 0.1) is 0 Å². The minimum atomic E-state index is 0.631. The van der Waals surface area contributed by atoms with Crippen LogP contribution in [0.4, 0.5) is 0 Å². The van der Waals surface area contributed by atoms with Gasteiger partial charge in [0.1, 0.15) is 6.61 Å². The van der Waals surface area contributed by atoms with E-state index < -0.39 is 0 Å². The summed E-state index contributed by atoms with van der Waals surface area (Å²) in [5, 5.41) is 0. The van der Waals surface area contributed by atoms with Crippen LogP contribution in [0.2, 0.25) is 0 Å². The van der Waals surface area contributed by atoms with Crippen LogP contribution in [-0.4, -0.2) is 9.55 Å². The maximum Gasteiger partial charge on any atom is 0.179 e. The first kappa shape index (κ1) is 6.71. The minimum Gasteiger partial charge on any atom is -0.483 e. The van der Waals surface area contributed by atoms with Gasteiger partial charge in [0.25, 0.3) is 0 Å². The van der Waals surface area contributed by atoms with Crippen molar-refractivity contribution in [2.24, 2.45) is 0 Å². The zero-order valence-electron chi connectivity index (χ0n) is 6.97. The van der Waals surface area contributed by atoms with Gasteiger partial charge in [0.2, 0.25) is 0 Å². The monoisotopic (exact) mass is 172 g/mol. The Bertz CT molecular complexity index is 448. The fourth-order valence-corrected chi connectivity index (χ4v) is 1.57. The van der Waals surface area contributed by atoms with E-state index in [0.717, 1.165) is 17.3 Å². The largest absolute Gasteiger partial charge is 0.483 e.